The van der Waals surface area contributed by atoms with E-state index in [1.165, 1.54) is 6.07 Å². The van der Waals surface area contributed by atoms with Gasteiger partial charge in [0.05, 0.1) is 0 Å². The Kier molecular flexibility index (Phi) is 3.14. The van der Waals surface area contributed by atoms with Crippen LogP contribution in [0.1, 0.15) is 0 Å². The third-order valence-electron chi connectivity index (χ3n) is 2.11. The molecular weight excluding hydrogens is 273 g/mol. The topological polar surface area (TPSA) is 37.8 Å². The third kappa shape index (κ3) is 2.19. The highest BCUT2D eigenvalue weighted by atomic mass is 79.9. The Labute approximate surface area is 101 Å². The molecule has 1 heterocycles. The lowest BCUT2D eigenvalue weighted by Gasteiger charge is -2.04. The van der Waals surface area contributed by atoms with Crippen LogP contribution < -0.4 is 5.32 Å². The van der Waals surface area contributed by atoms with Crippen LogP contribution in [0.25, 0.3) is 11.1 Å². The van der Waals surface area contributed by atoms with E-state index in [2.05, 4.69) is 31.2 Å². The summed E-state index contributed by atoms with van der Waals surface area (Å²) in [5.74, 6) is 0.225. The Hall–Kier alpha value is -1.49. The van der Waals surface area contributed by atoms with Crippen LogP contribution in [0, 0.1) is 5.82 Å². The van der Waals surface area contributed by atoms with Crippen LogP contribution in [0.3, 0.4) is 0 Å². The highest BCUT2D eigenvalue weighted by molar-refractivity contribution is 9.10. The summed E-state index contributed by atoms with van der Waals surface area (Å²) in [6.45, 7) is 0. The summed E-state index contributed by atoms with van der Waals surface area (Å²) in [6, 6.07) is 4.76. The van der Waals surface area contributed by atoms with E-state index >= 15 is 0 Å². The smallest absolute Gasteiger partial charge is 0.222 e. The summed E-state index contributed by atoms with van der Waals surface area (Å²) in [7, 11) is 1.73. The van der Waals surface area contributed by atoms with E-state index < -0.39 is 0 Å². The van der Waals surface area contributed by atoms with Gasteiger partial charge in [-0.3, -0.25) is 0 Å². The van der Waals surface area contributed by atoms with Crippen LogP contribution in [-0.4, -0.2) is 17.0 Å². The van der Waals surface area contributed by atoms with Gasteiger partial charge in [-0.2, -0.15) is 0 Å². The molecule has 1 N–H and O–H groups in total. The number of hydrogen-bond acceptors (Lipinski definition) is 3. The minimum absolute atomic E-state index is 0.288. The van der Waals surface area contributed by atoms with E-state index in [1.807, 2.05) is 0 Å². The van der Waals surface area contributed by atoms with Gasteiger partial charge in [-0.15, -0.1) is 0 Å². The summed E-state index contributed by atoms with van der Waals surface area (Å²) in [4.78, 5) is 8.08. The summed E-state index contributed by atoms with van der Waals surface area (Å²) in [5, 5.41) is 2.81. The van der Waals surface area contributed by atoms with Gasteiger partial charge in [0.2, 0.25) is 5.95 Å². The maximum absolute atomic E-state index is 13.5. The number of benzene rings is 1. The molecule has 3 nitrogen and oxygen atoms in total. The molecule has 1 aromatic carbocycles. The number of anilines is 1. The quantitative estimate of drug-likeness (QED) is 0.919. The Bertz CT molecular complexity index is 499. The average Bonchev–Trinajstić information content (AvgIpc) is 2.32. The van der Waals surface area contributed by atoms with Crippen molar-refractivity contribution in [2.75, 3.05) is 12.4 Å². The van der Waals surface area contributed by atoms with Gasteiger partial charge in [0.1, 0.15) is 5.82 Å². The number of nitrogens with one attached hydrogen (secondary N) is 1. The van der Waals surface area contributed by atoms with Crippen LogP contribution in [0.15, 0.2) is 35.1 Å². The standard InChI is InChI=1S/C11H9BrFN3/c1-14-11-15-5-7(6-16-11)9-4-8(12)2-3-10(9)13/h2-6H,1H3,(H,14,15,16). The third-order valence-corrected chi connectivity index (χ3v) is 2.61. The summed E-state index contributed by atoms with van der Waals surface area (Å²) >= 11 is 3.30. The molecular formula is C11H9BrFN3. The molecule has 0 fully saturated rings. The monoisotopic (exact) mass is 281 g/mol. The van der Waals surface area contributed by atoms with Crippen LogP contribution in [-0.2, 0) is 0 Å². The number of nitrogens with zero attached hydrogens (tertiary/aromatic N) is 2. The van der Waals surface area contributed by atoms with Gasteiger partial charge >= 0.3 is 0 Å². The molecule has 0 aliphatic heterocycles. The van der Waals surface area contributed by atoms with Crippen LogP contribution in [0.4, 0.5) is 10.3 Å². The lowest BCUT2D eigenvalue weighted by atomic mass is 10.1. The first-order chi connectivity index (χ1) is 7.70. The molecule has 0 saturated carbocycles. The first-order valence-corrected chi connectivity index (χ1v) is 5.45. The predicted molar refractivity (Wildman–Crippen MR) is 64.7 cm³/mol. The summed E-state index contributed by atoms with van der Waals surface area (Å²) < 4.78 is 14.4. The summed E-state index contributed by atoms with van der Waals surface area (Å²) in [6.07, 6.45) is 3.17. The van der Waals surface area contributed by atoms with Gasteiger partial charge in [-0.05, 0) is 18.2 Å². The highest BCUT2D eigenvalue weighted by Gasteiger charge is 2.06. The maximum atomic E-state index is 13.5. The van der Waals surface area contributed by atoms with E-state index in [9.17, 15) is 4.39 Å². The maximum Gasteiger partial charge on any atom is 0.222 e. The fourth-order valence-electron chi connectivity index (χ4n) is 1.31. The molecule has 0 amide bonds. The van der Waals surface area contributed by atoms with Gasteiger partial charge in [0, 0.05) is 35.0 Å². The molecule has 0 unspecified atom stereocenters. The zero-order valence-electron chi connectivity index (χ0n) is 8.54. The van der Waals surface area contributed by atoms with Crippen LogP contribution >= 0.6 is 15.9 Å². The minimum atomic E-state index is -0.288. The van der Waals surface area contributed by atoms with Crippen molar-refractivity contribution in [1.82, 2.24) is 9.97 Å². The molecule has 0 saturated heterocycles. The first-order valence-electron chi connectivity index (χ1n) is 4.66. The van der Waals surface area contributed by atoms with Crippen molar-refractivity contribution in [1.29, 1.82) is 0 Å². The van der Waals surface area contributed by atoms with Crippen LogP contribution in [0.2, 0.25) is 0 Å². The zero-order chi connectivity index (χ0) is 11.5. The molecule has 16 heavy (non-hydrogen) atoms. The highest BCUT2D eigenvalue weighted by Crippen LogP contribution is 2.25. The van der Waals surface area contributed by atoms with Gasteiger partial charge in [-0.25, -0.2) is 14.4 Å². The fourth-order valence-corrected chi connectivity index (χ4v) is 1.68. The lowest BCUT2D eigenvalue weighted by molar-refractivity contribution is 0.631. The normalized spacial score (nSPS) is 10.2. The van der Waals surface area contributed by atoms with E-state index in [0.717, 1.165) is 4.47 Å². The molecule has 0 aliphatic rings. The van der Waals surface area contributed by atoms with Crippen molar-refractivity contribution in [2.45, 2.75) is 0 Å². The Morgan fingerprint density at radius 3 is 2.56 bits per heavy atom. The van der Waals surface area contributed by atoms with Gasteiger partial charge in [0.15, 0.2) is 0 Å². The SMILES string of the molecule is CNc1ncc(-c2cc(Br)ccc2F)cn1. The Morgan fingerprint density at radius 1 is 1.25 bits per heavy atom. The van der Waals surface area contributed by atoms with Crippen LogP contribution in [0.5, 0.6) is 0 Å². The van der Waals surface area contributed by atoms with E-state index in [1.54, 1.807) is 31.6 Å². The second-order valence-corrected chi connectivity index (χ2v) is 4.09. The predicted octanol–water partition coefficient (Wildman–Crippen LogP) is 3.09. The van der Waals surface area contributed by atoms with Crippen molar-refractivity contribution in [3.05, 3.63) is 40.9 Å². The number of aromatic nitrogens is 2. The zero-order valence-corrected chi connectivity index (χ0v) is 10.1. The van der Waals surface area contributed by atoms with Gasteiger partial charge < -0.3 is 5.32 Å². The molecule has 2 rings (SSSR count). The molecule has 82 valence electrons. The first kappa shape index (κ1) is 11.0. The second kappa shape index (κ2) is 4.57. The molecule has 5 heteroatoms. The Balaban J connectivity index is 2.45. The number of hydrogen-bond donors (Lipinski definition) is 1. The second-order valence-electron chi connectivity index (χ2n) is 3.17. The lowest BCUT2D eigenvalue weighted by Crippen LogP contribution is -1.96. The molecule has 1 aromatic heterocycles. The average molecular weight is 282 g/mol. The van der Waals surface area contributed by atoms with Gasteiger partial charge in [-0.1, -0.05) is 15.9 Å². The van der Waals surface area contributed by atoms with E-state index in [4.69, 9.17) is 0 Å². The van der Waals surface area contributed by atoms with Crippen molar-refractivity contribution in [3.63, 3.8) is 0 Å². The minimum Gasteiger partial charge on any atom is -0.357 e. The molecule has 0 bridgehead atoms. The molecule has 2 aromatic rings. The van der Waals surface area contributed by atoms with E-state index in [0.29, 0.717) is 17.1 Å². The number of halogens is 2. The Morgan fingerprint density at radius 2 is 1.94 bits per heavy atom. The molecule has 0 atom stereocenters. The molecule has 0 spiro atoms. The fraction of sp³-hybridized carbons (Fsp3) is 0.0909. The summed E-state index contributed by atoms with van der Waals surface area (Å²) in [5.41, 5.74) is 1.13. The van der Waals surface area contributed by atoms with Crippen molar-refractivity contribution in [3.8, 4) is 11.1 Å². The van der Waals surface area contributed by atoms with E-state index in [-0.39, 0.29) is 5.82 Å². The molecule has 0 aliphatic carbocycles. The van der Waals surface area contributed by atoms with Gasteiger partial charge in [0.25, 0.3) is 0 Å². The van der Waals surface area contributed by atoms with Crippen molar-refractivity contribution < 1.29 is 4.39 Å². The number of rotatable bonds is 2. The molecule has 0 radical (unpaired) electrons. The largest absolute Gasteiger partial charge is 0.357 e. The van der Waals surface area contributed by atoms with Crippen molar-refractivity contribution >= 4 is 21.9 Å². The van der Waals surface area contributed by atoms with Crippen molar-refractivity contribution in [2.24, 2.45) is 0 Å².